The van der Waals surface area contributed by atoms with Crippen LogP contribution in [0.3, 0.4) is 0 Å². The fraction of sp³-hybridized carbons (Fsp3) is 0.909. The predicted molar refractivity (Wildman–Crippen MR) is 56.0 cm³/mol. The SMILES string of the molecule is CCCN1CC[C@@]2(CCCNC2)C1=O. The fourth-order valence-corrected chi connectivity index (χ4v) is 2.74. The molecule has 1 atom stereocenters. The van der Waals surface area contributed by atoms with Crippen LogP contribution >= 0.6 is 0 Å². The third-order valence-electron chi connectivity index (χ3n) is 3.57. The number of carbonyl (C=O) groups is 1. The molecule has 1 amide bonds. The van der Waals surface area contributed by atoms with E-state index >= 15 is 0 Å². The van der Waals surface area contributed by atoms with Gasteiger partial charge in [0.25, 0.3) is 0 Å². The first-order chi connectivity index (χ1) is 6.78. The second-order valence-electron chi connectivity index (χ2n) is 4.60. The molecular weight excluding hydrogens is 176 g/mol. The maximum Gasteiger partial charge on any atom is 0.230 e. The molecule has 14 heavy (non-hydrogen) atoms. The van der Waals surface area contributed by atoms with Crippen molar-refractivity contribution in [2.45, 2.75) is 32.6 Å². The van der Waals surface area contributed by atoms with Gasteiger partial charge in [0.1, 0.15) is 0 Å². The lowest BCUT2D eigenvalue weighted by molar-refractivity contribution is -0.136. The second kappa shape index (κ2) is 3.89. The number of amides is 1. The van der Waals surface area contributed by atoms with E-state index in [9.17, 15) is 4.79 Å². The molecule has 2 heterocycles. The molecule has 80 valence electrons. The van der Waals surface area contributed by atoms with Crippen LogP contribution in [0.5, 0.6) is 0 Å². The summed E-state index contributed by atoms with van der Waals surface area (Å²) < 4.78 is 0. The van der Waals surface area contributed by atoms with Gasteiger partial charge in [-0.05, 0) is 32.2 Å². The minimum absolute atomic E-state index is 0.0204. The van der Waals surface area contributed by atoms with Crippen molar-refractivity contribution in [2.75, 3.05) is 26.2 Å². The Morgan fingerprint density at radius 2 is 2.36 bits per heavy atom. The van der Waals surface area contributed by atoms with Crippen LogP contribution in [-0.2, 0) is 4.79 Å². The van der Waals surface area contributed by atoms with Gasteiger partial charge >= 0.3 is 0 Å². The van der Waals surface area contributed by atoms with Gasteiger partial charge in [-0.25, -0.2) is 0 Å². The van der Waals surface area contributed by atoms with Gasteiger partial charge in [-0.2, -0.15) is 0 Å². The van der Waals surface area contributed by atoms with Crippen molar-refractivity contribution < 1.29 is 4.79 Å². The molecule has 2 aliphatic rings. The van der Waals surface area contributed by atoms with Crippen LogP contribution in [0.4, 0.5) is 0 Å². The third-order valence-corrected chi connectivity index (χ3v) is 3.57. The smallest absolute Gasteiger partial charge is 0.230 e. The van der Waals surface area contributed by atoms with Gasteiger partial charge in [0, 0.05) is 19.6 Å². The van der Waals surface area contributed by atoms with Crippen molar-refractivity contribution in [1.82, 2.24) is 10.2 Å². The molecule has 0 unspecified atom stereocenters. The van der Waals surface area contributed by atoms with Crippen LogP contribution in [-0.4, -0.2) is 37.0 Å². The van der Waals surface area contributed by atoms with Crippen LogP contribution in [0.1, 0.15) is 32.6 Å². The van der Waals surface area contributed by atoms with Crippen LogP contribution in [0.15, 0.2) is 0 Å². The van der Waals surface area contributed by atoms with E-state index in [1.54, 1.807) is 0 Å². The van der Waals surface area contributed by atoms with Gasteiger partial charge in [-0.1, -0.05) is 6.92 Å². The highest BCUT2D eigenvalue weighted by molar-refractivity contribution is 5.85. The highest BCUT2D eigenvalue weighted by Gasteiger charge is 2.46. The molecule has 0 aromatic carbocycles. The second-order valence-corrected chi connectivity index (χ2v) is 4.60. The molecule has 3 heteroatoms. The maximum atomic E-state index is 12.2. The Hall–Kier alpha value is -0.570. The van der Waals surface area contributed by atoms with E-state index in [1.165, 1.54) is 0 Å². The van der Waals surface area contributed by atoms with Crippen molar-refractivity contribution in [3.63, 3.8) is 0 Å². The zero-order chi connectivity index (χ0) is 10.0. The molecular formula is C11H20N2O. The zero-order valence-electron chi connectivity index (χ0n) is 9.01. The Kier molecular flexibility index (Phi) is 2.77. The highest BCUT2D eigenvalue weighted by atomic mass is 16.2. The monoisotopic (exact) mass is 196 g/mol. The van der Waals surface area contributed by atoms with Gasteiger partial charge in [0.15, 0.2) is 0 Å². The molecule has 1 spiro atoms. The molecule has 2 fully saturated rings. The average Bonchev–Trinajstić information content (AvgIpc) is 2.50. The molecule has 2 aliphatic heterocycles. The van der Waals surface area contributed by atoms with Crippen molar-refractivity contribution in [2.24, 2.45) is 5.41 Å². The average molecular weight is 196 g/mol. The largest absolute Gasteiger partial charge is 0.342 e. The standard InChI is InChI=1S/C11H20N2O/c1-2-7-13-8-5-11(10(13)14)4-3-6-12-9-11/h12H,2-9H2,1H3/t11-/m1/s1. The van der Waals surface area contributed by atoms with Crippen LogP contribution in [0.2, 0.25) is 0 Å². The summed E-state index contributed by atoms with van der Waals surface area (Å²) in [6.45, 7) is 6.06. The summed E-state index contributed by atoms with van der Waals surface area (Å²) in [5.74, 6) is 0.409. The van der Waals surface area contributed by atoms with Gasteiger partial charge < -0.3 is 10.2 Å². The van der Waals surface area contributed by atoms with E-state index in [0.29, 0.717) is 5.91 Å². The lowest BCUT2D eigenvalue weighted by Gasteiger charge is -2.32. The Morgan fingerprint density at radius 3 is 3.00 bits per heavy atom. The van der Waals surface area contributed by atoms with Crippen molar-refractivity contribution >= 4 is 5.91 Å². The Bertz CT molecular complexity index is 221. The molecule has 1 N–H and O–H groups in total. The minimum Gasteiger partial charge on any atom is -0.342 e. The number of likely N-dealkylation sites (tertiary alicyclic amines) is 1. The maximum absolute atomic E-state index is 12.2. The van der Waals surface area contributed by atoms with E-state index in [1.807, 2.05) is 4.90 Å². The first-order valence-electron chi connectivity index (χ1n) is 5.79. The molecule has 0 aliphatic carbocycles. The topological polar surface area (TPSA) is 32.3 Å². The van der Waals surface area contributed by atoms with Crippen molar-refractivity contribution in [1.29, 1.82) is 0 Å². The quantitative estimate of drug-likeness (QED) is 0.714. The molecule has 2 saturated heterocycles. The number of nitrogens with zero attached hydrogens (tertiary/aromatic N) is 1. The summed E-state index contributed by atoms with van der Waals surface area (Å²) in [4.78, 5) is 14.2. The van der Waals surface area contributed by atoms with Gasteiger partial charge in [0.05, 0.1) is 5.41 Å². The molecule has 0 bridgehead atoms. The van der Waals surface area contributed by atoms with Crippen LogP contribution in [0.25, 0.3) is 0 Å². The summed E-state index contributed by atoms with van der Waals surface area (Å²) in [5, 5.41) is 3.36. The molecule has 0 radical (unpaired) electrons. The Labute approximate surface area is 85.8 Å². The third kappa shape index (κ3) is 1.54. The number of nitrogens with one attached hydrogen (secondary N) is 1. The first kappa shape index (κ1) is 9.97. The lowest BCUT2D eigenvalue weighted by Crippen LogP contribution is -2.45. The summed E-state index contributed by atoms with van der Waals surface area (Å²) in [6.07, 6.45) is 4.40. The number of carbonyl (C=O) groups excluding carboxylic acids is 1. The van der Waals surface area contributed by atoms with Crippen molar-refractivity contribution in [3.8, 4) is 0 Å². The molecule has 3 nitrogen and oxygen atoms in total. The predicted octanol–water partition coefficient (Wildman–Crippen LogP) is 0.998. The van der Waals surface area contributed by atoms with Crippen LogP contribution < -0.4 is 5.32 Å². The van der Waals surface area contributed by atoms with Gasteiger partial charge in [0.2, 0.25) is 5.91 Å². The number of piperidine rings is 1. The Balaban J connectivity index is 2.04. The van der Waals surface area contributed by atoms with E-state index in [-0.39, 0.29) is 5.41 Å². The van der Waals surface area contributed by atoms with E-state index in [2.05, 4.69) is 12.2 Å². The molecule has 0 aromatic heterocycles. The van der Waals surface area contributed by atoms with E-state index < -0.39 is 0 Å². The lowest BCUT2D eigenvalue weighted by atomic mass is 9.79. The normalized spacial score (nSPS) is 32.9. The number of hydrogen-bond donors (Lipinski definition) is 1. The Morgan fingerprint density at radius 1 is 1.50 bits per heavy atom. The summed E-state index contributed by atoms with van der Waals surface area (Å²) >= 11 is 0. The van der Waals surface area contributed by atoms with E-state index in [4.69, 9.17) is 0 Å². The molecule has 0 saturated carbocycles. The minimum atomic E-state index is -0.0204. The number of rotatable bonds is 2. The molecule has 2 rings (SSSR count). The molecule has 0 aromatic rings. The fourth-order valence-electron chi connectivity index (χ4n) is 2.74. The summed E-state index contributed by atoms with van der Waals surface area (Å²) in [7, 11) is 0. The van der Waals surface area contributed by atoms with Crippen molar-refractivity contribution in [3.05, 3.63) is 0 Å². The first-order valence-corrected chi connectivity index (χ1v) is 5.79. The highest BCUT2D eigenvalue weighted by Crippen LogP contribution is 2.37. The van der Waals surface area contributed by atoms with Gasteiger partial charge in [-0.3, -0.25) is 4.79 Å². The van der Waals surface area contributed by atoms with Gasteiger partial charge in [-0.15, -0.1) is 0 Å². The van der Waals surface area contributed by atoms with E-state index in [0.717, 1.165) is 51.9 Å². The summed E-state index contributed by atoms with van der Waals surface area (Å²) in [6, 6.07) is 0. The zero-order valence-corrected chi connectivity index (χ0v) is 9.01. The number of hydrogen-bond acceptors (Lipinski definition) is 2. The summed E-state index contributed by atoms with van der Waals surface area (Å²) in [5.41, 5.74) is -0.0204. The van der Waals surface area contributed by atoms with Crippen LogP contribution in [0, 0.1) is 5.41 Å².